The maximum absolute atomic E-state index is 8.56. The molecule has 0 saturated heterocycles. The third-order valence-corrected chi connectivity index (χ3v) is 0.667. The van der Waals surface area contributed by atoms with Crippen LogP contribution in [0, 0.1) is 0 Å². The van der Waals surface area contributed by atoms with Crippen molar-refractivity contribution in [2.75, 3.05) is 0 Å². The Morgan fingerprint density at radius 2 is 0.643 bits per heavy atom. The smallest absolute Gasteiger partial charge is 0.450 e. The molecule has 0 unspecified atom stereocenters. The molecule has 4 N–H and O–H groups in total. The molecule has 1 aromatic rings. The van der Waals surface area contributed by atoms with E-state index in [9.17, 15) is 0 Å². The lowest BCUT2D eigenvalue weighted by Gasteiger charge is -1.69. The van der Waals surface area contributed by atoms with Crippen molar-refractivity contribution in [3.05, 3.63) is 36.4 Å². The summed E-state index contributed by atoms with van der Waals surface area (Å²) in [7, 11) is 0. The summed E-state index contributed by atoms with van der Waals surface area (Å²) >= 11 is 0. The van der Waals surface area contributed by atoms with Gasteiger partial charge in [-0.15, -0.1) is 0 Å². The quantitative estimate of drug-likeness (QED) is 0.512. The zero-order valence-corrected chi connectivity index (χ0v) is 7.07. The predicted molar refractivity (Wildman–Crippen MR) is 47.7 cm³/mol. The van der Waals surface area contributed by atoms with Crippen molar-refractivity contribution in [1.29, 1.82) is 0 Å². The second kappa shape index (κ2) is 10.8. The Labute approximate surface area is 79.7 Å². The second-order valence-corrected chi connectivity index (χ2v) is 1.72. The van der Waals surface area contributed by atoms with Gasteiger partial charge in [-0.25, -0.2) is 9.59 Å². The summed E-state index contributed by atoms with van der Waals surface area (Å²) in [6, 6.07) is 12.0. The van der Waals surface area contributed by atoms with Gasteiger partial charge in [0.1, 0.15) is 0 Å². The number of benzene rings is 1. The van der Waals surface area contributed by atoms with Gasteiger partial charge in [0, 0.05) is 0 Å². The number of hydrogen-bond donors (Lipinski definition) is 4. The van der Waals surface area contributed by atoms with Gasteiger partial charge in [0.15, 0.2) is 0 Å². The van der Waals surface area contributed by atoms with Gasteiger partial charge in [0.25, 0.3) is 0 Å². The fourth-order valence-electron chi connectivity index (χ4n) is 0.385. The first kappa shape index (κ1) is 14.3. The molecule has 0 amide bonds. The van der Waals surface area contributed by atoms with Gasteiger partial charge in [0.2, 0.25) is 0 Å². The van der Waals surface area contributed by atoms with Crippen LogP contribution in [0.15, 0.2) is 36.4 Å². The van der Waals surface area contributed by atoms with Gasteiger partial charge in [-0.1, -0.05) is 36.4 Å². The average Bonchev–Trinajstić information content (AvgIpc) is 2.05. The van der Waals surface area contributed by atoms with Crippen LogP contribution in [0.25, 0.3) is 0 Å². The van der Waals surface area contributed by atoms with E-state index in [1.165, 1.54) is 0 Å². The Kier molecular flexibility index (Phi) is 11.0. The topological polar surface area (TPSA) is 115 Å². The molecular formula is C8H10O6. The van der Waals surface area contributed by atoms with Gasteiger partial charge in [-0.05, 0) is 0 Å². The molecule has 0 aliphatic rings. The monoisotopic (exact) mass is 202 g/mol. The van der Waals surface area contributed by atoms with Crippen LogP contribution >= 0.6 is 0 Å². The standard InChI is InChI=1S/C6H6.2CH2O3/c1-2-4-6-5-3-1;2*2-1(3)4/h1-6H;2*(H2,2,3,4). The van der Waals surface area contributed by atoms with Crippen molar-refractivity contribution in [3.8, 4) is 0 Å². The van der Waals surface area contributed by atoms with Gasteiger partial charge in [-0.2, -0.15) is 0 Å². The minimum Gasteiger partial charge on any atom is -0.450 e. The van der Waals surface area contributed by atoms with E-state index in [0.717, 1.165) is 0 Å². The number of hydrogen-bond acceptors (Lipinski definition) is 2. The van der Waals surface area contributed by atoms with Gasteiger partial charge < -0.3 is 20.4 Å². The lowest BCUT2D eigenvalue weighted by Crippen LogP contribution is -1.81. The van der Waals surface area contributed by atoms with Crippen LogP contribution < -0.4 is 0 Å². The molecule has 78 valence electrons. The van der Waals surface area contributed by atoms with Crippen LogP contribution in [-0.2, 0) is 0 Å². The van der Waals surface area contributed by atoms with Gasteiger partial charge in [0.05, 0.1) is 0 Å². The summed E-state index contributed by atoms with van der Waals surface area (Å²) in [6.07, 6.45) is -3.67. The van der Waals surface area contributed by atoms with E-state index >= 15 is 0 Å². The van der Waals surface area contributed by atoms with E-state index in [4.69, 9.17) is 30.0 Å². The maximum atomic E-state index is 8.56. The molecule has 14 heavy (non-hydrogen) atoms. The Hall–Kier alpha value is -2.24. The van der Waals surface area contributed by atoms with E-state index in [2.05, 4.69) is 0 Å². The Morgan fingerprint density at radius 3 is 0.714 bits per heavy atom. The van der Waals surface area contributed by atoms with E-state index in [-0.39, 0.29) is 0 Å². The van der Waals surface area contributed by atoms with E-state index in [1.807, 2.05) is 36.4 Å². The highest BCUT2D eigenvalue weighted by molar-refractivity contribution is 5.53. The predicted octanol–water partition coefficient (Wildman–Crippen LogP) is 2.13. The van der Waals surface area contributed by atoms with Crippen molar-refractivity contribution in [2.45, 2.75) is 0 Å². The van der Waals surface area contributed by atoms with Crippen molar-refractivity contribution >= 4 is 12.3 Å². The van der Waals surface area contributed by atoms with Crippen LogP contribution in [0.5, 0.6) is 0 Å². The SMILES string of the molecule is O=C(O)O.O=C(O)O.c1ccccc1. The zero-order valence-electron chi connectivity index (χ0n) is 7.07. The lowest BCUT2D eigenvalue weighted by atomic mass is 10.4. The molecule has 0 fully saturated rings. The third-order valence-electron chi connectivity index (χ3n) is 0.667. The van der Waals surface area contributed by atoms with E-state index < -0.39 is 12.3 Å². The molecule has 0 aromatic heterocycles. The van der Waals surface area contributed by atoms with Crippen LogP contribution in [-0.4, -0.2) is 32.7 Å². The summed E-state index contributed by atoms with van der Waals surface area (Å²) in [5.41, 5.74) is 0. The molecule has 0 spiro atoms. The molecule has 0 atom stereocenters. The van der Waals surface area contributed by atoms with E-state index in [1.54, 1.807) is 0 Å². The number of carbonyl (C=O) groups is 2. The van der Waals surface area contributed by atoms with Crippen LogP contribution in [0.3, 0.4) is 0 Å². The first-order valence-electron chi connectivity index (χ1n) is 3.30. The molecule has 0 aliphatic carbocycles. The molecule has 1 rings (SSSR count). The molecule has 6 nitrogen and oxygen atoms in total. The first-order chi connectivity index (χ1) is 6.46. The van der Waals surface area contributed by atoms with E-state index in [0.29, 0.717) is 0 Å². The zero-order chi connectivity index (χ0) is 11.4. The van der Waals surface area contributed by atoms with Crippen LogP contribution in [0.2, 0.25) is 0 Å². The Morgan fingerprint density at radius 1 is 0.571 bits per heavy atom. The molecule has 0 heterocycles. The van der Waals surface area contributed by atoms with Crippen molar-refractivity contribution < 1.29 is 30.0 Å². The molecule has 1 aromatic carbocycles. The summed E-state index contributed by atoms with van der Waals surface area (Å²) in [5, 5.41) is 27.9. The summed E-state index contributed by atoms with van der Waals surface area (Å²) in [5.74, 6) is 0. The summed E-state index contributed by atoms with van der Waals surface area (Å²) in [6.45, 7) is 0. The molecular weight excluding hydrogens is 192 g/mol. The maximum Gasteiger partial charge on any atom is 0.503 e. The molecule has 0 radical (unpaired) electrons. The van der Waals surface area contributed by atoms with Gasteiger partial charge in [-0.3, -0.25) is 0 Å². The summed E-state index contributed by atoms with van der Waals surface area (Å²) in [4.78, 5) is 17.1. The van der Waals surface area contributed by atoms with Crippen molar-refractivity contribution in [2.24, 2.45) is 0 Å². The number of rotatable bonds is 0. The van der Waals surface area contributed by atoms with Crippen LogP contribution in [0.4, 0.5) is 9.59 Å². The summed E-state index contributed by atoms with van der Waals surface area (Å²) < 4.78 is 0. The lowest BCUT2D eigenvalue weighted by molar-refractivity contribution is 0.135. The van der Waals surface area contributed by atoms with Crippen molar-refractivity contribution in [3.63, 3.8) is 0 Å². The largest absolute Gasteiger partial charge is 0.503 e. The Bertz CT molecular complexity index is 199. The highest BCUT2D eigenvalue weighted by Gasteiger charge is 1.70. The first-order valence-corrected chi connectivity index (χ1v) is 3.30. The highest BCUT2D eigenvalue weighted by atomic mass is 16.6. The normalized spacial score (nSPS) is 6.86. The molecule has 0 bridgehead atoms. The molecule has 0 saturated carbocycles. The highest BCUT2D eigenvalue weighted by Crippen LogP contribution is 1.79. The minimum absolute atomic E-state index is 1.83. The van der Waals surface area contributed by atoms with Crippen molar-refractivity contribution in [1.82, 2.24) is 0 Å². The fraction of sp³-hybridized carbons (Fsp3) is 0. The molecule has 6 heteroatoms. The minimum atomic E-state index is -1.83. The average molecular weight is 202 g/mol. The fourth-order valence-corrected chi connectivity index (χ4v) is 0.385. The second-order valence-electron chi connectivity index (χ2n) is 1.72. The third kappa shape index (κ3) is 53.0. The number of carboxylic acid groups (broad SMARTS) is 4. The molecule has 0 aliphatic heterocycles. The Balaban J connectivity index is 0. The van der Waals surface area contributed by atoms with Gasteiger partial charge >= 0.3 is 12.3 Å². The van der Waals surface area contributed by atoms with Crippen LogP contribution in [0.1, 0.15) is 0 Å².